The minimum atomic E-state index is -0.153. The highest BCUT2D eigenvalue weighted by Gasteiger charge is 2.22. The first-order valence-corrected chi connectivity index (χ1v) is 9.12. The molecule has 2 aromatic rings. The van der Waals surface area contributed by atoms with Crippen molar-refractivity contribution in [3.63, 3.8) is 0 Å². The van der Waals surface area contributed by atoms with Gasteiger partial charge in [0, 0.05) is 26.2 Å². The number of carbonyl (C=O) groups excluding carboxylic acids is 1. The van der Waals surface area contributed by atoms with Gasteiger partial charge in [-0.05, 0) is 51.3 Å². The molecule has 0 saturated carbocycles. The minimum Gasteiger partial charge on any atom is -0.354 e. The van der Waals surface area contributed by atoms with E-state index in [2.05, 4.69) is 24.1 Å². The summed E-state index contributed by atoms with van der Waals surface area (Å²) in [5.74, 6) is 0.393. The fraction of sp³-hybridized carbons (Fsp3) is 0.579. The summed E-state index contributed by atoms with van der Waals surface area (Å²) in [5, 5.41) is 3.03. The van der Waals surface area contributed by atoms with E-state index in [9.17, 15) is 9.59 Å². The van der Waals surface area contributed by atoms with Crippen molar-refractivity contribution in [1.82, 2.24) is 19.4 Å². The van der Waals surface area contributed by atoms with E-state index in [4.69, 9.17) is 0 Å². The van der Waals surface area contributed by atoms with Gasteiger partial charge in [0.1, 0.15) is 6.54 Å². The Balaban J connectivity index is 1.62. The number of nitrogens with zero attached hydrogens (tertiary/aromatic N) is 3. The zero-order chi connectivity index (χ0) is 18.0. The van der Waals surface area contributed by atoms with Crippen molar-refractivity contribution in [2.45, 2.75) is 39.3 Å². The van der Waals surface area contributed by atoms with Crippen molar-refractivity contribution < 1.29 is 4.79 Å². The molecule has 0 bridgehead atoms. The summed E-state index contributed by atoms with van der Waals surface area (Å²) >= 11 is 0. The number of carbonyl (C=O) groups is 1. The van der Waals surface area contributed by atoms with Crippen LogP contribution >= 0.6 is 0 Å². The summed E-state index contributed by atoms with van der Waals surface area (Å²) in [6.07, 6.45) is 2.33. The quantitative estimate of drug-likeness (QED) is 0.896. The smallest absolute Gasteiger partial charge is 0.329 e. The predicted octanol–water partition coefficient (Wildman–Crippen LogP) is 1.58. The van der Waals surface area contributed by atoms with Crippen LogP contribution in [0.4, 0.5) is 0 Å². The standard InChI is InChI=1S/C19H28N4O2/c1-14(2)22-10-6-7-15(12-22)11-20-18(24)13-23-17-9-5-4-8-16(17)21(3)19(23)25/h4-5,8-9,14-15H,6-7,10-13H2,1-3H3,(H,20,24)/t15-/m0/s1. The Morgan fingerprint density at radius 2 is 2.00 bits per heavy atom. The topological polar surface area (TPSA) is 59.3 Å². The van der Waals surface area contributed by atoms with Crippen LogP contribution in [0.5, 0.6) is 0 Å². The van der Waals surface area contributed by atoms with Gasteiger partial charge in [-0.1, -0.05) is 12.1 Å². The van der Waals surface area contributed by atoms with Gasteiger partial charge in [0.2, 0.25) is 5.91 Å². The van der Waals surface area contributed by atoms with Gasteiger partial charge in [-0.2, -0.15) is 0 Å². The molecular weight excluding hydrogens is 316 g/mol. The molecule has 6 heteroatoms. The van der Waals surface area contributed by atoms with E-state index in [1.165, 1.54) is 6.42 Å². The van der Waals surface area contributed by atoms with E-state index in [1.54, 1.807) is 16.2 Å². The van der Waals surface area contributed by atoms with Crippen LogP contribution in [0.25, 0.3) is 11.0 Å². The van der Waals surface area contributed by atoms with Gasteiger partial charge in [0.05, 0.1) is 11.0 Å². The molecule has 1 amide bonds. The summed E-state index contributed by atoms with van der Waals surface area (Å²) in [7, 11) is 1.74. The highest BCUT2D eigenvalue weighted by atomic mass is 16.2. The maximum atomic E-state index is 12.4. The molecule has 3 rings (SSSR count). The average Bonchev–Trinajstić information content (AvgIpc) is 2.85. The number of benzene rings is 1. The summed E-state index contributed by atoms with van der Waals surface area (Å²) in [6.45, 7) is 7.36. The number of amides is 1. The maximum absolute atomic E-state index is 12.4. The van der Waals surface area contributed by atoms with Crippen molar-refractivity contribution in [3.8, 4) is 0 Å². The summed E-state index contributed by atoms with van der Waals surface area (Å²) < 4.78 is 3.14. The largest absolute Gasteiger partial charge is 0.354 e. The van der Waals surface area contributed by atoms with E-state index in [0.29, 0.717) is 18.5 Å². The molecule has 1 aromatic heterocycles. The average molecular weight is 344 g/mol. The number of nitrogens with one attached hydrogen (secondary N) is 1. The molecule has 136 valence electrons. The van der Waals surface area contributed by atoms with Gasteiger partial charge in [0.25, 0.3) is 0 Å². The Morgan fingerprint density at radius 3 is 2.72 bits per heavy atom. The normalized spacial score (nSPS) is 18.8. The third-order valence-corrected chi connectivity index (χ3v) is 5.22. The molecule has 1 saturated heterocycles. The molecular formula is C19H28N4O2. The molecule has 0 radical (unpaired) electrons. The monoisotopic (exact) mass is 344 g/mol. The molecule has 2 heterocycles. The van der Waals surface area contributed by atoms with Gasteiger partial charge in [-0.3, -0.25) is 13.9 Å². The first-order valence-electron chi connectivity index (χ1n) is 9.12. The molecule has 1 fully saturated rings. The highest BCUT2D eigenvalue weighted by molar-refractivity contribution is 5.80. The third kappa shape index (κ3) is 3.79. The Morgan fingerprint density at radius 1 is 1.28 bits per heavy atom. The molecule has 1 aliphatic heterocycles. The van der Waals surface area contributed by atoms with Crippen molar-refractivity contribution in [1.29, 1.82) is 0 Å². The number of imidazole rings is 1. The van der Waals surface area contributed by atoms with Crippen LogP contribution in [0.3, 0.4) is 0 Å². The molecule has 1 atom stereocenters. The SMILES string of the molecule is CC(C)N1CCC[C@@H](CNC(=O)Cn2c(=O)n(C)c3ccccc32)C1. The molecule has 0 aliphatic carbocycles. The molecule has 1 aromatic carbocycles. The van der Waals surface area contributed by atoms with Gasteiger partial charge in [-0.25, -0.2) is 4.79 Å². The summed E-state index contributed by atoms with van der Waals surface area (Å²) in [6, 6.07) is 8.11. The lowest BCUT2D eigenvalue weighted by Crippen LogP contribution is -2.44. The van der Waals surface area contributed by atoms with Crippen LogP contribution in [-0.2, 0) is 18.4 Å². The van der Waals surface area contributed by atoms with Crippen LogP contribution in [0.1, 0.15) is 26.7 Å². The molecule has 0 spiro atoms. The molecule has 0 unspecified atom stereocenters. The second-order valence-electron chi connectivity index (χ2n) is 7.32. The lowest BCUT2D eigenvalue weighted by atomic mass is 9.97. The lowest BCUT2D eigenvalue weighted by molar-refractivity contribution is -0.121. The first kappa shape index (κ1) is 17.7. The van der Waals surface area contributed by atoms with Crippen molar-refractivity contribution >= 4 is 16.9 Å². The number of aromatic nitrogens is 2. The number of piperidine rings is 1. The Bertz CT molecular complexity index is 805. The van der Waals surface area contributed by atoms with Crippen molar-refractivity contribution in [3.05, 3.63) is 34.7 Å². The zero-order valence-electron chi connectivity index (χ0n) is 15.4. The van der Waals surface area contributed by atoms with E-state index >= 15 is 0 Å². The fourth-order valence-electron chi connectivity index (χ4n) is 3.71. The number of hydrogen-bond donors (Lipinski definition) is 1. The van der Waals surface area contributed by atoms with Crippen LogP contribution in [0, 0.1) is 5.92 Å². The predicted molar refractivity (Wildman–Crippen MR) is 99.6 cm³/mol. The van der Waals surface area contributed by atoms with Gasteiger partial charge in [0.15, 0.2) is 0 Å². The lowest BCUT2D eigenvalue weighted by Gasteiger charge is -2.35. The van der Waals surface area contributed by atoms with Crippen LogP contribution in [0.2, 0.25) is 0 Å². The number of aryl methyl sites for hydroxylation is 1. The fourth-order valence-corrected chi connectivity index (χ4v) is 3.71. The number of para-hydroxylation sites is 2. The molecule has 25 heavy (non-hydrogen) atoms. The van der Waals surface area contributed by atoms with Crippen LogP contribution in [0.15, 0.2) is 29.1 Å². The highest BCUT2D eigenvalue weighted by Crippen LogP contribution is 2.17. The van der Waals surface area contributed by atoms with Crippen LogP contribution < -0.4 is 11.0 Å². The summed E-state index contributed by atoms with van der Waals surface area (Å²) in [5.41, 5.74) is 1.49. The molecule has 1 N–H and O–H groups in total. The van der Waals surface area contributed by atoms with Gasteiger partial charge < -0.3 is 10.2 Å². The third-order valence-electron chi connectivity index (χ3n) is 5.22. The Hall–Kier alpha value is -2.08. The van der Waals surface area contributed by atoms with E-state index < -0.39 is 0 Å². The number of hydrogen-bond acceptors (Lipinski definition) is 3. The Kier molecular flexibility index (Phi) is 5.27. The van der Waals surface area contributed by atoms with Crippen LogP contribution in [-0.4, -0.2) is 45.6 Å². The molecule has 6 nitrogen and oxygen atoms in total. The second-order valence-corrected chi connectivity index (χ2v) is 7.32. The van der Waals surface area contributed by atoms with E-state index in [0.717, 1.165) is 30.5 Å². The maximum Gasteiger partial charge on any atom is 0.329 e. The minimum absolute atomic E-state index is 0.0702. The number of fused-ring (bicyclic) bond motifs is 1. The zero-order valence-corrected chi connectivity index (χ0v) is 15.4. The second kappa shape index (κ2) is 7.44. The number of rotatable bonds is 5. The van der Waals surface area contributed by atoms with Gasteiger partial charge >= 0.3 is 5.69 Å². The molecule has 1 aliphatic rings. The van der Waals surface area contributed by atoms with E-state index in [1.807, 2.05) is 24.3 Å². The summed E-state index contributed by atoms with van der Waals surface area (Å²) in [4.78, 5) is 27.2. The Labute approximate surface area is 148 Å². The first-order chi connectivity index (χ1) is 12.0. The van der Waals surface area contributed by atoms with Gasteiger partial charge in [-0.15, -0.1) is 0 Å². The van der Waals surface area contributed by atoms with Crippen molar-refractivity contribution in [2.75, 3.05) is 19.6 Å². The van der Waals surface area contributed by atoms with Crippen molar-refractivity contribution in [2.24, 2.45) is 13.0 Å². The number of likely N-dealkylation sites (tertiary alicyclic amines) is 1. The van der Waals surface area contributed by atoms with E-state index in [-0.39, 0.29) is 18.1 Å².